The van der Waals surface area contributed by atoms with E-state index in [-0.39, 0.29) is 7.24 Å². The molecule has 1 nitrogen and oxygen atoms in total. The minimum Gasteiger partial charge on any atom is -0.399 e. The molecule has 1 rings (SSSR count). The fourth-order valence-electron chi connectivity index (χ4n) is 0.463. The SMILES string of the molecule is Nc1ccc(F)cc1.[2HH]. The molecule has 0 saturated carbocycles. The van der Waals surface area contributed by atoms with Gasteiger partial charge >= 0.3 is 0 Å². The van der Waals surface area contributed by atoms with E-state index in [1.807, 2.05) is 0 Å². The highest BCUT2D eigenvalue weighted by Crippen LogP contribution is 2.01. The molecule has 0 unspecified atom stereocenters. The molecule has 2 N–H and O–H groups in total. The minimum atomic E-state index is -0.251. The maximum absolute atomic E-state index is 12.0. The van der Waals surface area contributed by atoms with E-state index >= 15 is 0 Å². The molecule has 0 atom stereocenters. The molecule has 0 aliphatic rings. The van der Waals surface area contributed by atoms with Crippen molar-refractivity contribution in [3.8, 4) is 0 Å². The summed E-state index contributed by atoms with van der Waals surface area (Å²) in [5.41, 5.74) is 5.85. The van der Waals surface area contributed by atoms with Crippen LogP contribution in [0.4, 0.5) is 10.1 Å². The molecule has 2 heteroatoms. The summed E-state index contributed by atoms with van der Waals surface area (Å²) in [6.45, 7) is 0. The number of hydrogen-bond donors (Lipinski definition) is 1. The molecule has 0 aromatic heterocycles. The van der Waals surface area contributed by atoms with Crippen LogP contribution >= 0.6 is 0 Å². The molecule has 0 amide bonds. The van der Waals surface area contributed by atoms with E-state index in [0.29, 0.717) is 5.69 Å². The summed E-state index contributed by atoms with van der Waals surface area (Å²) in [7, 11) is 0. The van der Waals surface area contributed by atoms with Crippen molar-refractivity contribution in [1.29, 1.82) is 0 Å². The van der Waals surface area contributed by atoms with Gasteiger partial charge in [-0.2, -0.15) is 0 Å². The summed E-state index contributed by atoms with van der Waals surface area (Å²) in [5, 5.41) is 0. The van der Waals surface area contributed by atoms with Gasteiger partial charge in [0.05, 0.1) is 0 Å². The minimum absolute atomic E-state index is 0. The third-order valence-electron chi connectivity index (χ3n) is 0.870. The van der Waals surface area contributed by atoms with Crippen LogP contribution in [0.1, 0.15) is 1.43 Å². The summed E-state index contributed by atoms with van der Waals surface area (Å²) in [5.74, 6) is -0.251. The second kappa shape index (κ2) is 1.82. The van der Waals surface area contributed by atoms with Crippen molar-refractivity contribution >= 4 is 5.69 Å². The number of hydrogen-bond acceptors (Lipinski definition) is 1. The average Bonchev–Trinajstić information content (AvgIpc) is 1.77. The van der Waals surface area contributed by atoms with Crippen LogP contribution in [0.3, 0.4) is 0 Å². The molecule has 0 radical (unpaired) electrons. The van der Waals surface area contributed by atoms with E-state index in [9.17, 15) is 4.39 Å². The summed E-state index contributed by atoms with van der Waals surface area (Å²) < 4.78 is 12.0. The van der Waals surface area contributed by atoms with Gasteiger partial charge in [0.2, 0.25) is 0 Å². The van der Waals surface area contributed by atoms with Gasteiger partial charge < -0.3 is 5.73 Å². The lowest BCUT2D eigenvalue weighted by molar-refractivity contribution is 0.628. The number of nitrogens with two attached hydrogens (primary N) is 1. The lowest BCUT2D eigenvalue weighted by atomic mass is 10.3. The molecular formula is C6H8FN. The molecule has 0 bridgehead atoms. The molecule has 0 aliphatic heterocycles. The zero-order valence-electron chi connectivity index (χ0n) is 4.26. The predicted octanol–water partition coefficient (Wildman–Crippen LogP) is 1.65. The van der Waals surface area contributed by atoms with Gasteiger partial charge in [0.15, 0.2) is 0 Å². The highest BCUT2D eigenvalue weighted by molar-refractivity contribution is 5.36. The Morgan fingerprint density at radius 1 is 1.25 bits per heavy atom. The van der Waals surface area contributed by atoms with Crippen molar-refractivity contribution in [2.24, 2.45) is 0 Å². The van der Waals surface area contributed by atoms with Crippen molar-refractivity contribution in [3.63, 3.8) is 0 Å². The molecular weight excluding hydrogens is 105 g/mol. The van der Waals surface area contributed by atoms with Crippen LogP contribution in [-0.2, 0) is 0 Å². The Bertz CT molecular complexity index is 152. The summed E-state index contributed by atoms with van der Waals surface area (Å²) in [4.78, 5) is 0. The van der Waals surface area contributed by atoms with Gasteiger partial charge in [-0.1, -0.05) is 0 Å². The topological polar surface area (TPSA) is 26.0 Å². The number of halogens is 1. The van der Waals surface area contributed by atoms with Gasteiger partial charge in [-0.05, 0) is 24.3 Å². The van der Waals surface area contributed by atoms with Gasteiger partial charge in [-0.15, -0.1) is 0 Å². The van der Waals surface area contributed by atoms with Crippen molar-refractivity contribution in [2.45, 2.75) is 0 Å². The lowest BCUT2D eigenvalue weighted by Gasteiger charge is -1.87. The molecule has 0 fully saturated rings. The molecule has 0 aliphatic carbocycles. The second-order valence-electron chi connectivity index (χ2n) is 1.55. The summed E-state index contributed by atoms with van der Waals surface area (Å²) in [6.07, 6.45) is 0. The van der Waals surface area contributed by atoms with Crippen molar-refractivity contribution in [2.75, 3.05) is 5.73 Å². The van der Waals surface area contributed by atoms with E-state index < -0.39 is 0 Å². The fraction of sp³-hybridized carbons (Fsp3) is 0. The number of rotatable bonds is 0. The second-order valence-corrected chi connectivity index (χ2v) is 1.55. The predicted molar refractivity (Wildman–Crippen MR) is 32.9 cm³/mol. The smallest absolute Gasteiger partial charge is 0.123 e. The van der Waals surface area contributed by atoms with Crippen molar-refractivity contribution < 1.29 is 5.82 Å². The third-order valence-corrected chi connectivity index (χ3v) is 0.870. The standard InChI is InChI=1S/C6H6FN.H2/c7-5-1-3-6(8)4-2-5;/h1-4H,8H2;1H/i;1+1. The monoisotopic (exact) mass is 114 g/mol. The molecule has 44 valence electrons. The Morgan fingerprint density at radius 2 is 1.75 bits per heavy atom. The van der Waals surface area contributed by atoms with Crippen molar-refractivity contribution in [1.82, 2.24) is 0 Å². The van der Waals surface area contributed by atoms with E-state index in [1.54, 1.807) is 0 Å². The first-order valence-corrected chi connectivity index (χ1v) is 2.30. The van der Waals surface area contributed by atoms with Crippen LogP contribution in [0.5, 0.6) is 0 Å². The quantitative estimate of drug-likeness (QED) is 0.510. The van der Waals surface area contributed by atoms with Crippen LogP contribution in [0.2, 0.25) is 0 Å². The number of nitrogen functional groups attached to an aromatic ring is 1. The third kappa shape index (κ3) is 0.964. The largest absolute Gasteiger partial charge is 0.399 e. The van der Waals surface area contributed by atoms with Crippen LogP contribution in [0.15, 0.2) is 24.3 Å². The Kier molecular flexibility index (Phi) is 1.16. The maximum atomic E-state index is 12.0. The zero-order valence-corrected chi connectivity index (χ0v) is 4.26. The molecule has 8 heavy (non-hydrogen) atoms. The first-order valence-electron chi connectivity index (χ1n) is 2.30. The van der Waals surface area contributed by atoms with E-state index in [2.05, 4.69) is 0 Å². The number of benzene rings is 1. The first-order chi connectivity index (χ1) is 3.79. The van der Waals surface area contributed by atoms with E-state index in [0.717, 1.165) is 0 Å². The average molecular weight is 114 g/mol. The lowest BCUT2D eigenvalue weighted by Crippen LogP contribution is -1.82. The highest BCUT2D eigenvalue weighted by Gasteiger charge is 1.83. The van der Waals surface area contributed by atoms with Crippen LogP contribution in [0, 0.1) is 5.82 Å². The molecule has 0 spiro atoms. The van der Waals surface area contributed by atoms with Crippen LogP contribution in [-0.4, -0.2) is 0 Å². The Morgan fingerprint density at radius 3 is 2.12 bits per heavy atom. The number of anilines is 1. The van der Waals surface area contributed by atoms with Crippen LogP contribution < -0.4 is 5.73 Å². The normalized spacial score (nSPS) is 9.12. The fourth-order valence-corrected chi connectivity index (χ4v) is 0.463. The van der Waals surface area contributed by atoms with Crippen LogP contribution in [0.25, 0.3) is 0 Å². The van der Waals surface area contributed by atoms with Gasteiger partial charge in [-0.25, -0.2) is 4.39 Å². The Labute approximate surface area is 48.4 Å². The molecule has 0 heterocycles. The zero-order chi connectivity index (χ0) is 5.98. The van der Waals surface area contributed by atoms with Gasteiger partial charge in [-0.3, -0.25) is 0 Å². The van der Waals surface area contributed by atoms with Gasteiger partial charge in [0, 0.05) is 7.11 Å². The van der Waals surface area contributed by atoms with Crippen molar-refractivity contribution in [3.05, 3.63) is 30.1 Å². The van der Waals surface area contributed by atoms with E-state index in [1.165, 1.54) is 24.3 Å². The molecule has 1 aromatic rings. The molecule has 1 aromatic carbocycles. The summed E-state index contributed by atoms with van der Waals surface area (Å²) in [6, 6.07) is 5.70. The first kappa shape index (κ1) is 5.09. The van der Waals surface area contributed by atoms with Gasteiger partial charge in [0.25, 0.3) is 0 Å². The van der Waals surface area contributed by atoms with E-state index in [4.69, 9.17) is 5.73 Å². The Balaban J connectivity index is 0.000000640. The van der Waals surface area contributed by atoms with Gasteiger partial charge in [0.1, 0.15) is 5.82 Å². The summed E-state index contributed by atoms with van der Waals surface area (Å²) >= 11 is 0. The Hall–Kier alpha value is -1.05. The molecule has 0 saturated heterocycles. The maximum Gasteiger partial charge on any atom is 0.123 e. The highest BCUT2D eigenvalue weighted by atomic mass is 19.1.